The van der Waals surface area contributed by atoms with Gasteiger partial charge < -0.3 is 4.74 Å². The van der Waals surface area contributed by atoms with Crippen molar-refractivity contribution in [2.24, 2.45) is 0 Å². The molecule has 0 saturated carbocycles. The van der Waals surface area contributed by atoms with E-state index in [1.807, 2.05) is 0 Å². The van der Waals surface area contributed by atoms with E-state index < -0.39 is 0 Å². The Morgan fingerprint density at radius 2 is 2.57 bits per heavy atom. The maximum Gasteiger partial charge on any atom is 0.178 e. The summed E-state index contributed by atoms with van der Waals surface area (Å²) in [6.07, 6.45) is -0.155. The summed E-state index contributed by atoms with van der Waals surface area (Å²) in [7, 11) is 0. The molecule has 0 aromatic carbocycles. The van der Waals surface area contributed by atoms with Crippen molar-refractivity contribution in [1.29, 1.82) is 0 Å². The number of epoxide rings is 1. The third-order valence-electron chi connectivity index (χ3n) is 0.824. The van der Waals surface area contributed by atoms with Gasteiger partial charge in [0.1, 0.15) is 6.10 Å². The Hall–Kier alpha value is -0.0800. The molecule has 1 aliphatic rings. The van der Waals surface area contributed by atoms with Gasteiger partial charge >= 0.3 is 0 Å². The van der Waals surface area contributed by atoms with E-state index in [4.69, 9.17) is 11.6 Å². The maximum absolute atomic E-state index is 10.3. The Morgan fingerprint density at radius 1 is 2.00 bits per heavy atom. The number of ketones is 1. The highest BCUT2D eigenvalue weighted by Crippen LogP contribution is 2.09. The van der Waals surface area contributed by atoms with Gasteiger partial charge in [0, 0.05) is 0 Å². The van der Waals surface area contributed by atoms with E-state index in [-0.39, 0.29) is 17.8 Å². The molecule has 0 amide bonds. The van der Waals surface area contributed by atoms with Crippen LogP contribution in [0.4, 0.5) is 0 Å². The molecule has 1 heterocycles. The van der Waals surface area contributed by atoms with E-state index in [9.17, 15) is 4.79 Å². The highest BCUT2D eigenvalue weighted by atomic mass is 35.5. The van der Waals surface area contributed by atoms with E-state index in [0.717, 1.165) is 0 Å². The number of hydrogen-bond donors (Lipinski definition) is 0. The van der Waals surface area contributed by atoms with Gasteiger partial charge in [-0.15, -0.1) is 11.6 Å². The van der Waals surface area contributed by atoms with Crippen LogP contribution in [0.1, 0.15) is 0 Å². The first-order valence-electron chi connectivity index (χ1n) is 2.05. The van der Waals surface area contributed by atoms with Crippen molar-refractivity contribution < 1.29 is 9.53 Å². The first-order chi connectivity index (χ1) is 3.34. The summed E-state index contributed by atoms with van der Waals surface area (Å²) in [6, 6.07) is 0. The Bertz CT molecular complexity index is 87.7. The number of ether oxygens (including phenoxy) is 1. The summed E-state index contributed by atoms with van der Waals surface area (Å²) in [4.78, 5) is 10.3. The molecule has 1 rings (SSSR count). The summed E-state index contributed by atoms with van der Waals surface area (Å²) in [5.41, 5.74) is 0. The van der Waals surface area contributed by atoms with E-state index in [2.05, 4.69) is 4.74 Å². The summed E-state index contributed by atoms with van der Waals surface area (Å²) in [5, 5.41) is 0. The number of carbonyl (C=O) groups excluding carboxylic acids is 1. The van der Waals surface area contributed by atoms with Crippen LogP contribution in [0.25, 0.3) is 0 Å². The molecule has 0 N–H and O–H groups in total. The molecule has 1 fully saturated rings. The molecule has 1 aliphatic heterocycles. The van der Waals surface area contributed by atoms with Gasteiger partial charge in [-0.05, 0) is 0 Å². The van der Waals surface area contributed by atoms with E-state index >= 15 is 0 Å². The van der Waals surface area contributed by atoms with Crippen molar-refractivity contribution in [1.82, 2.24) is 0 Å². The summed E-state index contributed by atoms with van der Waals surface area (Å²) in [5.74, 6) is 0.0895. The van der Waals surface area contributed by atoms with Gasteiger partial charge in [-0.1, -0.05) is 0 Å². The normalized spacial score (nSPS) is 27.3. The monoisotopic (exact) mass is 120 g/mol. The highest BCUT2D eigenvalue weighted by molar-refractivity contribution is 6.28. The molecule has 2 nitrogen and oxygen atoms in total. The lowest BCUT2D eigenvalue weighted by atomic mass is 10.3. The number of halogens is 1. The molecule has 7 heavy (non-hydrogen) atoms. The minimum atomic E-state index is -0.155. The van der Waals surface area contributed by atoms with Crippen LogP contribution in [0.5, 0.6) is 0 Å². The number of rotatable bonds is 2. The van der Waals surface area contributed by atoms with Crippen molar-refractivity contribution >= 4 is 17.4 Å². The molecule has 40 valence electrons. The van der Waals surface area contributed by atoms with Crippen LogP contribution in [0.15, 0.2) is 0 Å². The standard InChI is InChI=1S/C4H5ClO2/c5-1-3(6)4-2-7-4/h4H,1-2H2/t4-/m1/s1. The molecule has 0 aliphatic carbocycles. The molecule has 3 heteroatoms. The predicted molar refractivity (Wildman–Crippen MR) is 25.5 cm³/mol. The van der Waals surface area contributed by atoms with Crippen molar-refractivity contribution in [3.63, 3.8) is 0 Å². The van der Waals surface area contributed by atoms with Crippen molar-refractivity contribution in [2.45, 2.75) is 6.10 Å². The zero-order chi connectivity index (χ0) is 5.28. The van der Waals surface area contributed by atoms with Gasteiger partial charge in [-0.2, -0.15) is 0 Å². The van der Waals surface area contributed by atoms with Gasteiger partial charge in [-0.25, -0.2) is 0 Å². The molecule has 0 radical (unpaired) electrons. The second-order valence-corrected chi connectivity index (χ2v) is 1.69. The second-order valence-electron chi connectivity index (χ2n) is 1.42. The van der Waals surface area contributed by atoms with Gasteiger partial charge in [0.25, 0.3) is 0 Å². The topological polar surface area (TPSA) is 29.6 Å². The number of hydrogen-bond acceptors (Lipinski definition) is 2. The van der Waals surface area contributed by atoms with Gasteiger partial charge in [0.15, 0.2) is 5.78 Å². The summed E-state index contributed by atoms with van der Waals surface area (Å²) < 4.78 is 4.63. The van der Waals surface area contributed by atoms with Crippen LogP contribution in [0, 0.1) is 0 Å². The summed E-state index contributed by atoms with van der Waals surface area (Å²) in [6.45, 7) is 0.575. The van der Waals surface area contributed by atoms with E-state index in [1.54, 1.807) is 0 Å². The maximum atomic E-state index is 10.3. The van der Waals surface area contributed by atoms with Gasteiger partial charge in [-0.3, -0.25) is 4.79 Å². The van der Waals surface area contributed by atoms with Crippen LogP contribution >= 0.6 is 11.6 Å². The number of carbonyl (C=O) groups is 1. The molecule has 1 saturated heterocycles. The van der Waals surface area contributed by atoms with Gasteiger partial charge in [0.05, 0.1) is 12.5 Å². The second kappa shape index (κ2) is 1.80. The zero-order valence-corrected chi connectivity index (χ0v) is 4.44. The fourth-order valence-corrected chi connectivity index (χ4v) is 0.492. The Labute approximate surface area is 46.4 Å². The average molecular weight is 121 g/mol. The first-order valence-corrected chi connectivity index (χ1v) is 2.58. The van der Waals surface area contributed by atoms with Crippen LogP contribution < -0.4 is 0 Å². The smallest absolute Gasteiger partial charge is 0.178 e. The fourth-order valence-electron chi connectivity index (χ4n) is 0.320. The van der Waals surface area contributed by atoms with Crippen LogP contribution in [-0.2, 0) is 9.53 Å². The quantitative estimate of drug-likeness (QED) is 0.385. The van der Waals surface area contributed by atoms with Crippen LogP contribution in [0.2, 0.25) is 0 Å². The molecule has 0 bridgehead atoms. The number of Topliss-reactive ketones (excluding diaryl/α,β-unsaturated/α-hetero) is 1. The fraction of sp³-hybridized carbons (Fsp3) is 0.750. The van der Waals surface area contributed by atoms with Crippen LogP contribution in [0.3, 0.4) is 0 Å². The lowest BCUT2D eigenvalue weighted by Crippen LogP contribution is -2.06. The van der Waals surface area contributed by atoms with Crippen molar-refractivity contribution in [3.8, 4) is 0 Å². The molecule has 0 aromatic heterocycles. The Kier molecular flexibility index (Phi) is 1.30. The van der Waals surface area contributed by atoms with Crippen molar-refractivity contribution in [3.05, 3.63) is 0 Å². The minimum absolute atomic E-state index is 0.00154. The Balaban J connectivity index is 2.24. The average Bonchev–Trinajstić information content (AvgIpc) is 2.44. The minimum Gasteiger partial charge on any atom is -0.365 e. The third kappa shape index (κ3) is 1.14. The molecular formula is C4H5ClO2. The zero-order valence-electron chi connectivity index (χ0n) is 3.69. The molecule has 0 unspecified atom stereocenters. The SMILES string of the molecule is O=C(CCl)[C@H]1CO1. The van der Waals surface area contributed by atoms with Crippen molar-refractivity contribution in [2.75, 3.05) is 12.5 Å². The highest BCUT2D eigenvalue weighted by Gasteiger charge is 2.29. The largest absolute Gasteiger partial charge is 0.365 e. The van der Waals surface area contributed by atoms with E-state index in [0.29, 0.717) is 6.61 Å². The third-order valence-corrected chi connectivity index (χ3v) is 1.09. The predicted octanol–water partition coefficient (Wildman–Crippen LogP) is 0.193. The lowest BCUT2D eigenvalue weighted by Gasteiger charge is -1.79. The number of alkyl halides is 1. The van der Waals surface area contributed by atoms with Gasteiger partial charge in [0.2, 0.25) is 0 Å². The molecule has 1 atom stereocenters. The molecule has 0 aromatic rings. The summed E-state index contributed by atoms with van der Waals surface area (Å²) >= 11 is 5.16. The molecule has 0 spiro atoms. The Morgan fingerprint density at radius 3 is 2.71 bits per heavy atom. The van der Waals surface area contributed by atoms with E-state index in [1.165, 1.54) is 0 Å². The first kappa shape index (κ1) is 5.06. The van der Waals surface area contributed by atoms with Crippen LogP contribution in [-0.4, -0.2) is 24.4 Å². The molecular weight excluding hydrogens is 115 g/mol. The lowest BCUT2D eigenvalue weighted by molar-refractivity contribution is -0.117.